The highest BCUT2D eigenvalue weighted by Crippen LogP contribution is 2.15. The summed E-state index contributed by atoms with van der Waals surface area (Å²) < 4.78 is 9.86. The second kappa shape index (κ2) is 8.16. The molecule has 6 heteroatoms. The fourth-order valence-electron chi connectivity index (χ4n) is 1.75. The predicted molar refractivity (Wildman–Crippen MR) is 91.2 cm³/mol. The van der Waals surface area contributed by atoms with Gasteiger partial charge in [-0.25, -0.2) is 9.59 Å². The van der Waals surface area contributed by atoms with Crippen LogP contribution in [-0.4, -0.2) is 38.2 Å². The lowest BCUT2D eigenvalue weighted by Crippen LogP contribution is -2.27. The van der Waals surface area contributed by atoms with Crippen molar-refractivity contribution in [3.63, 3.8) is 0 Å². The van der Waals surface area contributed by atoms with Gasteiger partial charge in [-0.15, -0.1) is 0 Å². The number of hydrogen-bond acceptors (Lipinski definition) is 6. The van der Waals surface area contributed by atoms with Gasteiger partial charge in [0.25, 0.3) is 0 Å². The average molecular weight is 330 g/mol. The van der Waals surface area contributed by atoms with Gasteiger partial charge < -0.3 is 14.4 Å². The summed E-state index contributed by atoms with van der Waals surface area (Å²) in [5.41, 5.74) is 0.840. The Bertz CT molecular complexity index is 662. The monoisotopic (exact) mass is 330 g/mol. The maximum atomic E-state index is 11.9. The third-order valence-corrected chi connectivity index (χ3v) is 2.80. The summed E-state index contributed by atoms with van der Waals surface area (Å²) in [5, 5.41) is 9.11. The van der Waals surface area contributed by atoms with Crippen LogP contribution in [-0.2, 0) is 19.1 Å². The SMILES string of the molecule is CN(C)c1ccc(C=C(C#N)C(=O)OCC(=O)OC(C)(C)C)cc1. The average Bonchev–Trinajstić information content (AvgIpc) is 2.49. The van der Waals surface area contributed by atoms with Crippen LogP contribution in [0.3, 0.4) is 0 Å². The Balaban J connectivity index is 2.73. The number of rotatable bonds is 5. The van der Waals surface area contributed by atoms with Crippen LogP contribution in [0.1, 0.15) is 26.3 Å². The lowest BCUT2D eigenvalue weighted by Gasteiger charge is -2.19. The molecule has 0 N–H and O–H groups in total. The van der Waals surface area contributed by atoms with Crippen LogP contribution >= 0.6 is 0 Å². The fourth-order valence-corrected chi connectivity index (χ4v) is 1.75. The number of esters is 2. The third-order valence-electron chi connectivity index (χ3n) is 2.80. The van der Waals surface area contributed by atoms with E-state index in [0.717, 1.165) is 5.69 Å². The lowest BCUT2D eigenvalue weighted by molar-refractivity contribution is -0.164. The highest BCUT2D eigenvalue weighted by molar-refractivity contribution is 5.98. The van der Waals surface area contributed by atoms with Crippen molar-refractivity contribution < 1.29 is 19.1 Å². The minimum atomic E-state index is -0.861. The van der Waals surface area contributed by atoms with Crippen LogP contribution in [0.25, 0.3) is 6.08 Å². The quantitative estimate of drug-likeness (QED) is 0.469. The summed E-state index contributed by atoms with van der Waals surface area (Å²) in [6.07, 6.45) is 1.41. The van der Waals surface area contributed by atoms with Gasteiger partial charge >= 0.3 is 11.9 Å². The van der Waals surface area contributed by atoms with Crippen molar-refractivity contribution in [2.45, 2.75) is 26.4 Å². The highest BCUT2D eigenvalue weighted by Gasteiger charge is 2.19. The number of carbonyl (C=O) groups is 2. The highest BCUT2D eigenvalue weighted by atomic mass is 16.6. The molecule has 0 heterocycles. The lowest BCUT2D eigenvalue weighted by atomic mass is 10.1. The molecule has 0 aliphatic carbocycles. The molecule has 6 nitrogen and oxygen atoms in total. The minimum absolute atomic E-state index is 0.184. The molecule has 24 heavy (non-hydrogen) atoms. The molecule has 0 unspecified atom stereocenters. The van der Waals surface area contributed by atoms with Gasteiger partial charge in [0.15, 0.2) is 6.61 Å². The molecule has 128 valence electrons. The van der Waals surface area contributed by atoms with E-state index in [9.17, 15) is 9.59 Å². The molecule has 0 radical (unpaired) electrons. The molecular weight excluding hydrogens is 308 g/mol. The first-order valence-corrected chi connectivity index (χ1v) is 7.40. The third kappa shape index (κ3) is 6.53. The van der Waals surface area contributed by atoms with Crippen LogP contribution in [0.2, 0.25) is 0 Å². The molecule has 1 rings (SSSR count). The Morgan fingerprint density at radius 1 is 1.21 bits per heavy atom. The molecule has 0 aromatic heterocycles. The van der Waals surface area contributed by atoms with Gasteiger partial charge in [0, 0.05) is 19.8 Å². The summed E-state index contributed by atoms with van der Waals surface area (Å²) >= 11 is 0. The molecule has 0 saturated carbocycles. The number of ether oxygens (including phenoxy) is 2. The summed E-state index contributed by atoms with van der Waals surface area (Å²) in [7, 11) is 3.83. The minimum Gasteiger partial charge on any atom is -0.457 e. The van der Waals surface area contributed by atoms with E-state index >= 15 is 0 Å². The Morgan fingerprint density at radius 3 is 2.25 bits per heavy atom. The van der Waals surface area contributed by atoms with E-state index < -0.39 is 24.1 Å². The number of nitrogens with zero attached hydrogens (tertiary/aromatic N) is 2. The summed E-state index contributed by atoms with van der Waals surface area (Å²) in [6, 6.07) is 9.09. The van der Waals surface area contributed by atoms with Gasteiger partial charge in [-0.3, -0.25) is 0 Å². The van der Waals surface area contributed by atoms with Gasteiger partial charge in [0.2, 0.25) is 0 Å². The number of anilines is 1. The van der Waals surface area contributed by atoms with Crippen molar-refractivity contribution in [1.29, 1.82) is 5.26 Å². The van der Waals surface area contributed by atoms with E-state index in [4.69, 9.17) is 14.7 Å². The molecule has 0 aliphatic heterocycles. The van der Waals surface area contributed by atoms with E-state index in [1.807, 2.05) is 31.1 Å². The number of nitriles is 1. The van der Waals surface area contributed by atoms with E-state index in [2.05, 4.69) is 0 Å². The Morgan fingerprint density at radius 2 is 1.79 bits per heavy atom. The number of hydrogen-bond donors (Lipinski definition) is 0. The number of carbonyl (C=O) groups excluding carboxylic acids is 2. The Hall–Kier alpha value is -2.81. The zero-order chi connectivity index (χ0) is 18.3. The van der Waals surface area contributed by atoms with Crippen molar-refractivity contribution in [3.05, 3.63) is 35.4 Å². The van der Waals surface area contributed by atoms with Gasteiger partial charge in [0.05, 0.1) is 0 Å². The van der Waals surface area contributed by atoms with Gasteiger partial charge in [-0.05, 0) is 44.5 Å². The first-order valence-electron chi connectivity index (χ1n) is 7.40. The Labute approximate surface area is 142 Å². The smallest absolute Gasteiger partial charge is 0.349 e. The summed E-state index contributed by atoms with van der Waals surface area (Å²) in [5.74, 6) is -1.52. The zero-order valence-electron chi connectivity index (χ0n) is 14.6. The first kappa shape index (κ1) is 19.2. The van der Waals surface area contributed by atoms with Gasteiger partial charge in [-0.2, -0.15) is 5.26 Å². The van der Waals surface area contributed by atoms with Gasteiger partial charge in [-0.1, -0.05) is 12.1 Å². The van der Waals surface area contributed by atoms with E-state index in [1.165, 1.54) is 6.08 Å². The van der Waals surface area contributed by atoms with E-state index in [1.54, 1.807) is 39.0 Å². The maximum Gasteiger partial charge on any atom is 0.349 e. The topological polar surface area (TPSA) is 79.6 Å². The normalized spacial score (nSPS) is 11.4. The van der Waals surface area contributed by atoms with Crippen LogP contribution in [0.15, 0.2) is 29.8 Å². The summed E-state index contributed by atoms with van der Waals surface area (Å²) in [4.78, 5) is 25.4. The Kier molecular flexibility index (Phi) is 6.54. The molecule has 0 saturated heterocycles. The van der Waals surface area contributed by atoms with Crippen LogP contribution < -0.4 is 4.90 Å². The number of benzene rings is 1. The second-order valence-corrected chi connectivity index (χ2v) is 6.32. The maximum absolute atomic E-state index is 11.9. The molecular formula is C18H22N2O4. The van der Waals surface area contributed by atoms with Crippen molar-refractivity contribution in [2.75, 3.05) is 25.6 Å². The van der Waals surface area contributed by atoms with Crippen LogP contribution in [0, 0.1) is 11.3 Å². The van der Waals surface area contributed by atoms with E-state index in [0.29, 0.717) is 5.56 Å². The van der Waals surface area contributed by atoms with E-state index in [-0.39, 0.29) is 5.57 Å². The molecule has 1 aromatic rings. The zero-order valence-corrected chi connectivity index (χ0v) is 14.6. The molecule has 0 aliphatic rings. The van der Waals surface area contributed by atoms with Crippen molar-refractivity contribution in [3.8, 4) is 6.07 Å². The van der Waals surface area contributed by atoms with Crippen molar-refractivity contribution >= 4 is 23.7 Å². The van der Waals surface area contributed by atoms with Crippen molar-refractivity contribution in [2.24, 2.45) is 0 Å². The molecule has 1 aromatic carbocycles. The van der Waals surface area contributed by atoms with Gasteiger partial charge in [0.1, 0.15) is 17.2 Å². The largest absolute Gasteiger partial charge is 0.457 e. The molecule has 0 atom stereocenters. The standard InChI is InChI=1S/C18H22N2O4/c1-18(2,3)24-16(21)12-23-17(22)14(11-19)10-13-6-8-15(9-7-13)20(4)5/h6-10H,12H2,1-5H3. The van der Waals surface area contributed by atoms with Crippen LogP contribution in [0.5, 0.6) is 0 Å². The molecule has 0 bridgehead atoms. The first-order chi connectivity index (χ1) is 11.1. The molecule has 0 spiro atoms. The predicted octanol–water partition coefficient (Wildman–Crippen LogP) is 2.54. The molecule has 0 amide bonds. The van der Waals surface area contributed by atoms with Crippen LogP contribution in [0.4, 0.5) is 5.69 Å². The molecule has 0 fully saturated rings. The summed E-state index contributed by atoms with van der Waals surface area (Å²) in [6.45, 7) is 4.61. The van der Waals surface area contributed by atoms with Crippen molar-refractivity contribution in [1.82, 2.24) is 0 Å². The fraction of sp³-hybridized carbons (Fsp3) is 0.389. The second-order valence-electron chi connectivity index (χ2n) is 6.32.